The Bertz CT molecular complexity index is 871. The molecule has 134 valence electrons. The summed E-state index contributed by atoms with van der Waals surface area (Å²) in [5.74, 6) is 0. The largest absolute Gasteiger partial charge is 0.241 e. The molecule has 1 N–H and O–H groups in total. The van der Waals surface area contributed by atoms with Gasteiger partial charge in [-0.25, -0.2) is 13.1 Å². The SMILES string of the molecule is CCC(NS(=O)(=O)c1cc(C)ccc1C)c1ccc2c(c1)CCCC2. The highest BCUT2D eigenvalue weighted by molar-refractivity contribution is 7.89. The molecule has 0 saturated heterocycles. The van der Waals surface area contributed by atoms with Crippen LogP contribution in [0.15, 0.2) is 41.3 Å². The number of hydrogen-bond donors (Lipinski definition) is 1. The van der Waals surface area contributed by atoms with Crippen molar-refractivity contribution in [2.24, 2.45) is 0 Å². The van der Waals surface area contributed by atoms with Gasteiger partial charge in [0.25, 0.3) is 0 Å². The number of sulfonamides is 1. The molecule has 0 radical (unpaired) electrons. The van der Waals surface area contributed by atoms with E-state index >= 15 is 0 Å². The van der Waals surface area contributed by atoms with Gasteiger partial charge in [-0.15, -0.1) is 0 Å². The standard InChI is InChI=1S/C21H27NO2S/c1-4-20(19-12-11-17-7-5-6-8-18(17)14-19)22-25(23,24)21-13-15(2)9-10-16(21)3/h9-14,20,22H,4-8H2,1-3H3. The molecule has 4 heteroatoms. The van der Waals surface area contributed by atoms with Crippen molar-refractivity contribution in [3.63, 3.8) is 0 Å². The van der Waals surface area contributed by atoms with E-state index in [4.69, 9.17) is 0 Å². The molecule has 0 aliphatic heterocycles. The van der Waals surface area contributed by atoms with Gasteiger partial charge in [-0.2, -0.15) is 0 Å². The maximum Gasteiger partial charge on any atom is 0.241 e. The van der Waals surface area contributed by atoms with Gasteiger partial charge in [0, 0.05) is 6.04 Å². The second-order valence-corrected chi connectivity index (χ2v) is 8.77. The number of aryl methyl sites for hydroxylation is 4. The van der Waals surface area contributed by atoms with E-state index in [1.54, 1.807) is 6.07 Å². The van der Waals surface area contributed by atoms with Crippen molar-refractivity contribution in [1.82, 2.24) is 4.72 Å². The number of rotatable bonds is 5. The maximum atomic E-state index is 12.9. The van der Waals surface area contributed by atoms with E-state index < -0.39 is 10.0 Å². The lowest BCUT2D eigenvalue weighted by atomic mass is 9.89. The molecule has 0 fully saturated rings. The van der Waals surface area contributed by atoms with Crippen molar-refractivity contribution >= 4 is 10.0 Å². The molecule has 0 heterocycles. The summed E-state index contributed by atoms with van der Waals surface area (Å²) >= 11 is 0. The topological polar surface area (TPSA) is 46.2 Å². The second kappa shape index (κ2) is 7.30. The van der Waals surface area contributed by atoms with Gasteiger partial charge >= 0.3 is 0 Å². The third-order valence-corrected chi connectivity index (χ3v) is 6.73. The quantitative estimate of drug-likeness (QED) is 0.849. The minimum atomic E-state index is -3.54. The molecule has 1 aliphatic rings. The zero-order valence-electron chi connectivity index (χ0n) is 15.3. The van der Waals surface area contributed by atoms with Crippen molar-refractivity contribution in [1.29, 1.82) is 0 Å². The molecule has 2 aromatic rings. The number of nitrogens with one attached hydrogen (secondary N) is 1. The van der Waals surface area contributed by atoms with E-state index in [1.807, 2.05) is 32.9 Å². The Hall–Kier alpha value is -1.65. The lowest BCUT2D eigenvalue weighted by molar-refractivity contribution is 0.548. The molecule has 0 saturated carbocycles. The summed E-state index contributed by atoms with van der Waals surface area (Å²) in [7, 11) is -3.54. The lowest BCUT2D eigenvalue weighted by Gasteiger charge is -2.22. The minimum Gasteiger partial charge on any atom is -0.207 e. The summed E-state index contributed by atoms with van der Waals surface area (Å²) in [6.45, 7) is 5.78. The number of fused-ring (bicyclic) bond motifs is 1. The van der Waals surface area contributed by atoms with Crippen LogP contribution >= 0.6 is 0 Å². The smallest absolute Gasteiger partial charge is 0.207 e. The number of benzene rings is 2. The Balaban J connectivity index is 1.90. The summed E-state index contributed by atoms with van der Waals surface area (Å²) in [4.78, 5) is 0.379. The van der Waals surface area contributed by atoms with Crippen LogP contribution in [0, 0.1) is 13.8 Å². The van der Waals surface area contributed by atoms with Crippen LogP contribution in [0.1, 0.15) is 60.0 Å². The Kier molecular flexibility index (Phi) is 5.30. The van der Waals surface area contributed by atoms with Gasteiger partial charge in [-0.05, 0) is 79.8 Å². The normalized spacial score (nSPS) is 15.6. The fourth-order valence-corrected chi connectivity index (χ4v) is 5.24. The summed E-state index contributed by atoms with van der Waals surface area (Å²) in [6.07, 6.45) is 5.44. The number of hydrogen-bond acceptors (Lipinski definition) is 2. The first kappa shape index (κ1) is 18.2. The average molecular weight is 358 g/mol. The summed E-state index contributed by atoms with van der Waals surface area (Å²) in [5, 5.41) is 0. The predicted molar refractivity (Wildman–Crippen MR) is 102 cm³/mol. The molecular weight excluding hydrogens is 330 g/mol. The predicted octanol–water partition coefficient (Wildman–Crippen LogP) is 4.61. The summed E-state index contributed by atoms with van der Waals surface area (Å²) < 4.78 is 28.8. The zero-order valence-corrected chi connectivity index (χ0v) is 16.1. The molecule has 25 heavy (non-hydrogen) atoms. The molecule has 3 nitrogen and oxygen atoms in total. The van der Waals surface area contributed by atoms with Crippen molar-refractivity contribution in [2.75, 3.05) is 0 Å². The molecule has 1 atom stereocenters. The molecule has 3 rings (SSSR count). The third-order valence-electron chi connectivity index (χ3n) is 5.11. The van der Waals surface area contributed by atoms with Gasteiger partial charge in [-0.3, -0.25) is 0 Å². The molecular formula is C21H27NO2S. The van der Waals surface area contributed by atoms with Gasteiger partial charge in [0.2, 0.25) is 10.0 Å². The first-order valence-corrected chi connectivity index (χ1v) is 10.6. The van der Waals surface area contributed by atoms with Gasteiger partial charge in [-0.1, -0.05) is 37.3 Å². The first-order chi connectivity index (χ1) is 11.9. The second-order valence-electron chi connectivity index (χ2n) is 7.09. The minimum absolute atomic E-state index is 0.197. The molecule has 2 aromatic carbocycles. The molecule has 0 amide bonds. The van der Waals surface area contributed by atoms with E-state index in [-0.39, 0.29) is 6.04 Å². The highest BCUT2D eigenvalue weighted by atomic mass is 32.2. The molecule has 0 aromatic heterocycles. The van der Waals surface area contributed by atoms with Gasteiger partial charge < -0.3 is 0 Å². The maximum absolute atomic E-state index is 12.9. The molecule has 0 bridgehead atoms. The monoisotopic (exact) mass is 357 g/mol. The molecule has 1 unspecified atom stereocenters. The van der Waals surface area contributed by atoms with Gasteiger partial charge in [0.1, 0.15) is 0 Å². The Morgan fingerprint density at radius 1 is 1.00 bits per heavy atom. The van der Waals surface area contributed by atoms with Crippen molar-refractivity contribution < 1.29 is 8.42 Å². The average Bonchev–Trinajstić information content (AvgIpc) is 2.61. The van der Waals surface area contributed by atoms with E-state index in [1.165, 1.54) is 24.0 Å². The van der Waals surface area contributed by atoms with Crippen LogP contribution in [0.4, 0.5) is 0 Å². The van der Waals surface area contributed by atoms with Crippen LogP contribution in [-0.2, 0) is 22.9 Å². The highest BCUT2D eigenvalue weighted by Crippen LogP contribution is 2.27. The van der Waals surface area contributed by atoms with E-state index in [9.17, 15) is 8.42 Å². The fraction of sp³-hybridized carbons (Fsp3) is 0.429. The van der Waals surface area contributed by atoms with E-state index in [0.717, 1.165) is 36.0 Å². The first-order valence-electron chi connectivity index (χ1n) is 9.12. The van der Waals surface area contributed by atoms with Crippen LogP contribution in [0.25, 0.3) is 0 Å². The van der Waals surface area contributed by atoms with Crippen LogP contribution in [-0.4, -0.2) is 8.42 Å². The van der Waals surface area contributed by atoms with Crippen LogP contribution in [0.5, 0.6) is 0 Å². The van der Waals surface area contributed by atoms with Crippen LogP contribution in [0.3, 0.4) is 0 Å². The summed E-state index contributed by atoms with van der Waals surface area (Å²) in [5.41, 5.74) is 5.60. The lowest BCUT2D eigenvalue weighted by Crippen LogP contribution is -2.29. The summed E-state index contributed by atoms with van der Waals surface area (Å²) in [6, 6.07) is 11.8. The van der Waals surface area contributed by atoms with Crippen molar-refractivity contribution in [2.45, 2.75) is 63.8 Å². The Morgan fingerprint density at radius 3 is 2.44 bits per heavy atom. The highest BCUT2D eigenvalue weighted by Gasteiger charge is 2.23. The van der Waals surface area contributed by atoms with Crippen molar-refractivity contribution in [3.05, 3.63) is 64.2 Å². The van der Waals surface area contributed by atoms with Gasteiger partial charge in [0.15, 0.2) is 0 Å². The van der Waals surface area contributed by atoms with Crippen LogP contribution < -0.4 is 4.72 Å². The molecule has 1 aliphatic carbocycles. The van der Waals surface area contributed by atoms with E-state index in [2.05, 4.69) is 22.9 Å². The van der Waals surface area contributed by atoms with Gasteiger partial charge in [0.05, 0.1) is 4.90 Å². The van der Waals surface area contributed by atoms with Crippen molar-refractivity contribution in [3.8, 4) is 0 Å². The Labute approximate surface area is 151 Å². The fourth-order valence-electron chi connectivity index (χ4n) is 3.60. The third kappa shape index (κ3) is 3.96. The zero-order chi connectivity index (χ0) is 18.0. The Morgan fingerprint density at radius 2 is 1.72 bits per heavy atom. The van der Waals surface area contributed by atoms with Crippen LogP contribution in [0.2, 0.25) is 0 Å². The molecule has 0 spiro atoms. The van der Waals surface area contributed by atoms with E-state index in [0.29, 0.717) is 4.90 Å².